The Balaban J connectivity index is 1.69. The van der Waals surface area contributed by atoms with Crippen LogP contribution in [0.15, 0.2) is 48.5 Å². The first kappa shape index (κ1) is 15.8. The summed E-state index contributed by atoms with van der Waals surface area (Å²) in [6.45, 7) is 3.56. The predicted octanol–water partition coefficient (Wildman–Crippen LogP) is 3.18. The third kappa shape index (κ3) is 5.38. The molecule has 0 bridgehead atoms. The highest BCUT2D eigenvalue weighted by molar-refractivity contribution is 6.30. The lowest BCUT2D eigenvalue weighted by atomic mass is 10.1. The standard InChI is InChI=1S/C17H20ClNO2/c1-13-4-2-3-5-14(13)10-19-11-16(20)12-21-17-8-6-15(18)7-9-17/h2-9,16,19-20H,10-12H2,1H3. The van der Waals surface area contributed by atoms with Gasteiger partial charge in [0, 0.05) is 18.1 Å². The first-order valence-corrected chi connectivity index (χ1v) is 7.34. The van der Waals surface area contributed by atoms with Gasteiger partial charge in [-0.3, -0.25) is 0 Å². The van der Waals surface area contributed by atoms with Crippen LogP contribution in [0.25, 0.3) is 0 Å². The van der Waals surface area contributed by atoms with E-state index in [0.29, 0.717) is 17.3 Å². The average molecular weight is 306 g/mol. The summed E-state index contributed by atoms with van der Waals surface area (Å²) >= 11 is 5.80. The fourth-order valence-electron chi connectivity index (χ4n) is 1.96. The van der Waals surface area contributed by atoms with E-state index in [1.54, 1.807) is 24.3 Å². The van der Waals surface area contributed by atoms with Gasteiger partial charge < -0.3 is 15.2 Å². The first-order valence-electron chi connectivity index (χ1n) is 6.97. The number of halogens is 1. The van der Waals surface area contributed by atoms with Crippen LogP contribution in [0.2, 0.25) is 5.02 Å². The largest absolute Gasteiger partial charge is 0.491 e. The topological polar surface area (TPSA) is 41.5 Å². The molecule has 0 aromatic heterocycles. The van der Waals surface area contributed by atoms with Crippen LogP contribution < -0.4 is 10.1 Å². The van der Waals surface area contributed by atoms with Crippen molar-refractivity contribution in [1.82, 2.24) is 5.32 Å². The molecule has 2 rings (SSSR count). The fraction of sp³-hybridized carbons (Fsp3) is 0.294. The number of aliphatic hydroxyl groups is 1. The van der Waals surface area contributed by atoms with Gasteiger partial charge in [0.05, 0.1) is 0 Å². The summed E-state index contributed by atoms with van der Waals surface area (Å²) in [5, 5.41) is 13.8. The molecule has 0 aliphatic carbocycles. The van der Waals surface area contributed by atoms with Gasteiger partial charge in [0.15, 0.2) is 0 Å². The summed E-state index contributed by atoms with van der Waals surface area (Å²) in [7, 11) is 0. The highest BCUT2D eigenvalue weighted by atomic mass is 35.5. The Labute approximate surface area is 130 Å². The fourth-order valence-corrected chi connectivity index (χ4v) is 2.09. The van der Waals surface area contributed by atoms with E-state index in [9.17, 15) is 5.11 Å². The molecular formula is C17H20ClNO2. The van der Waals surface area contributed by atoms with Gasteiger partial charge in [0.1, 0.15) is 18.5 Å². The Hall–Kier alpha value is -1.55. The van der Waals surface area contributed by atoms with Crippen molar-refractivity contribution in [2.45, 2.75) is 19.6 Å². The van der Waals surface area contributed by atoms with Crippen LogP contribution >= 0.6 is 11.6 Å². The van der Waals surface area contributed by atoms with Gasteiger partial charge in [0.25, 0.3) is 0 Å². The summed E-state index contributed by atoms with van der Waals surface area (Å²) < 4.78 is 5.50. The van der Waals surface area contributed by atoms with Crippen molar-refractivity contribution in [2.24, 2.45) is 0 Å². The zero-order valence-electron chi connectivity index (χ0n) is 12.1. The van der Waals surface area contributed by atoms with Crippen molar-refractivity contribution < 1.29 is 9.84 Å². The molecule has 1 unspecified atom stereocenters. The van der Waals surface area contributed by atoms with Crippen molar-refractivity contribution in [1.29, 1.82) is 0 Å². The number of aryl methyl sites for hydroxylation is 1. The third-order valence-corrected chi connectivity index (χ3v) is 3.46. The van der Waals surface area contributed by atoms with Crippen molar-refractivity contribution >= 4 is 11.6 Å². The smallest absolute Gasteiger partial charge is 0.119 e. The second kappa shape index (κ2) is 8.03. The highest BCUT2D eigenvalue weighted by Crippen LogP contribution is 2.15. The monoisotopic (exact) mass is 305 g/mol. The van der Waals surface area contributed by atoms with Crippen molar-refractivity contribution in [3.63, 3.8) is 0 Å². The molecule has 21 heavy (non-hydrogen) atoms. The highest BCUT2D eigenvalue weighted by Gasteiger charge is 2.05. The SMILES string of the molecule is Cc1ccccc1CNCC(O)COc1ccc(Cl)cc1. The normalized spacial score (nSPS) is 12.1. The van der Waals surface area contributed by atoms with Crippen molar-refractivity contribution in [2.75, 3.05) is 13.2 Å². The minimum atomic E-state index is -0.551. The third-order valence-electron chi connectivity index (χ3n) is 3.21. The van der Waals surface area contributed by atoms with Crippen LogP contribution in [0, 0.1) is 6.92 Å². The maximum Gasteiger partial charge on any atom is 0.119 e. The Morgan fingerprint density at radius 2 is 1.86 bits per heavy atom. The van der Waals surface area contributed by atoms with E-state index in [4.69, 9.17) is 16.3 Å². The second-order valence-electron chi connectivity index (χ2n) is 4.98. The molecule has 0 saturated heterocycles. The molecule has 3 nitrogen and oxygen atoms in total. The number of aliphatic hydroxyl groups excluding tert-OH is 1. The van der Waals surface area contributed by atoms with Gasteiger partial charge in [-0.05, 0) is 42.3 Å². The lowest BCUT2D eigenvalue weighted by Gasteiger charge is -2.14. The molecule has 2 N–H and O–H groups in total. The van der Waals surface area contributed by atoms with Crippen LogP contribution in [0.1, 0.15) is 11.1 Å². The minimum Gasteiger partial charge on any atom is -0.491 e. The Morgan fingerprint density at radius 3 is 2.57 bits per heavy atom. The molecule has 0 amide bonds. The van der Waals surface area contributed by atoms with E-state index >= 15 is 0 Å². The van der Waals surface area contributed by atoms with E-state index < -0.39 is 6.10 Å². The van der Waals surface area contributed by atoms with Crippen LogP contribution in [0.5, 0.6) is 5.75 Å². The van der Waals surface area contributed by atoms with E-state index in [0.717, 1.165) is 6.54 Å². The van der Waals surface area contributed by atoms with Gasteiger partial charge in [-0.1, -0.05) is 35.9 Å². The molecule has 2 aromatic carbocycles. The molecule has 0 aliphatic rings. The van der Waals surface area contributed by atoms with Crippen LogP contribution in [0.4, 0.5) is 0 Å². The summed E-state index contributed by atoms with van der Waals surface area (Å²) in [5.74, 6) is 0.706. The Bertz CT molecular complexity index is 557. The number of ether oxygens (including phenoxy) is 1. The van der Waals surface area contributed by atoms with E-state index in [2.05, 4.69) is 24.4 Å². The van der Waals surface area contributed by atoms with E-state index in [-0.39, 0.29) is 6.61 Å². The predicted molar refractivity (Wildman–Crippen MR) is 85.8 cm³/mol. The van der Waals surface area contributed by atoms with Crippen LogP contribution in [0.3, 0.4) is 0 Å². The molecule has 0 fully saturated rings. The van der Waals surface area contributed by atoms with Gasteiger partial charge in [0.2, 0.25) is 0 Å². The maximum absolute atomic E-state index is 9.90. The number of hydrogen-bond donors (Lipinski definition) is 2. The lowest BCUT2D eigenvalue weighted by Crippen LogP contribution is -2.31. The molecule has 112 valence electrons. The lowest BCUT2D eigenvalue weighted by molar-refractivity contribution is 0.106. The molecular weight excluding hydrogens is 286 g/mol. The number of benzene rings is 2. The van der Waals surface area contributed by atoms with Gasteiger partial charge in [-0.25, -0.2) is 0 Å². The molecule has 1 atom stereocenters. The molecule has 0 radical (unpaired) electrons. The summed E-state index contributed by atoms with van der Waals surface area (Å²) in [6, 6.07) is 15.3. The van der Waals surface area contributed by atoms with Crippen molar-refractivity contribution in [3.05, 3.63) is 64.7 Å². The molecule has 0 heterocycles. The zero-order valence-corrected chi connectivity index (χ0v) is 12.8. The number of hydrogen-bond acceptors (Lipinski definition) is 3. The molecule has 2 aromatic rings. The minimum absolute atomic E-state index is 0.252. The Kier molecular flexibility index (Phi) is 6.05. The average Bonchev–Trinajstić information content (AvgIpc) is 2.49. The number of nitrogens with one attached hydrogen (secondary N) is 1. The van der Waals surface area contributed by atoms with E-state index in [1.807, 2.05) is 12.1 Å². The second-order valence-corrected chi connectivity index (χ2v) is 5.41. The van der Waals surface area contributed by atoms with Crippen LogP contribution in [-0.2, 0) is 6.54 Å². The summed E-state index contributed by atoms with van der Waals surface area (Å²) in [5.41, 5.74) is 2.49. The van der Waals surface area contributed by atoms with Crippen LogP contribution in [-0.4, -0.2) is 24.4 Å². The Morgan fingerprint density at radius 1 is 1.14 bits per heavy atom. The first-order chi connectivity index (χ1) is 10.1. The molecule has 0 aliphatic heterocycles. The van der Waals surface area contributed by atoms with Crippen molar-refractivity contribution in [3.8, 4) is 5.75 Å². The van der Waals surface area contributed by atoms with Gasteiger partial charge >= 0.3 is 0 Å². The molecule has 4 heteroatoms. The maximum atomic E-state index is 9.90. The zero-order chi connectivity index (χ0) is 15.1. The summed E-state index contributed by atoms with van der Waals surface area (Å²) in [4.78, 5) is 0. The quantitative estimate of drug-likeness (QED) is 0.825. The van der Waals surface area contributed by atoms with E-state index in [1.165, 1.54) is 11.1 Å². The molecule has 0 saturated carbocycles. The summed E-state index contributed by atoms with van der Waals surface area (Å²) in [6.07, 6.45) is -0.551. The number of rotatable bonds is 7. The van der Waals surface area contributed by atoms with Gasteiger partial charge in [-0.15, -0.1) is 0 Å². The van der Waals surface area contributed by atoms with Gasteiger partial charge in [-0.2, -0.15) is 0 Å². The molecule has 0 spiro atoms.